The van der Waals surface area contributed by atoms with Gasteiger partial charge in [0.25, 0.3) is 0 Å². The Kier molecular flexibility index (Phi) is 7.45. The average molecular weight is 302 g/mol. The van der Waals surface area contributed by atoms with Crippen LogP contribution in [0.4, 0.5) is 0 Å². The van der Waals surface area contributed by atoms with Gasteiger partial charge in [-0.1, -0.05) is 12.1 Å². The lowest BCUT2D eigenvalue weighted by atomic mass is 10.1. The molecule has 0 atom stereocenters. The van der Waals surface area contributed by atoms with E-state index >= 15 is 0 Å². The van der Waals surface area contributed by atoms with Crippen LogP contribution in [0.25, 0.3) is 0 Å². The van der Waals surface area contributed by atoms with Crippen LogP contribution in [-0.2, 0) is 16.4 Å². The van der Waals surface area contributed by atoms with Gasteiger partial charge in [-0.25, -0.2) is 13.1 Å². The molecular formula is C13H22N2O2S2. The van der Waals surface area contributed by atoms with Crippen LogP contribution in [-0.4, -0.2) is 40.6 Å². The minimum absolute atomic E-state index is 0.339. The molecule has 0 aliphatic heterocycles. The maximum Gasteiger partial charge on any atom is 0.240 e. The van der Waals surface area contributed by atoms with Crippen molar-refractivity contribution in [2.24, 2.45) is 0 Å². The van der Waals surface area contributed by atoms with Crippen LogP contribution in [0.2, 0.25) is 0 Å². The number of sulfonamides is 1. The zero-order chi connectivity index (χ0) is 14.1. The molecule has 0 unspecified atom stereocenters. The van der Waals surface area contributed by atoms with Crippen molar-refractivity contribution in [2.75, 3.05) is 32.1 Å². The molecule has 0 saturated heterocycles. The third-order valence-corrected chi connectivity index (χ3v) is 4.81. The highest BCUT2D eigenvalue weighted by Gasteiger charge is 2.12. The van der Waals surface area contributed by atoms with Crippen LogP contribution in [0.1, 0.15) is 12.0 Å². The zero-order valence-electron chi connectivity index (χ0n) is 11.5. The lowest BCUT2D eigenvalue weighted by Gasteiger charge is -2.07. The number of aryl methyl sites for hydroxylation is 1. The molecule has 0 aliphatic rings. The Morgan fingerprint density at radius 2 is 1.84 bits per heavy atom. The second-order valence-electron chi connectivity index (χ2n) is 4.24. The summed E-state index contributed by atoms with van der Waals surface area (Å²) in [4.78, 5) is 0.339. The van der Waals surface area contributed by atoms with Gasteiger partial charge < -0.3 is 5.32 Å². The maximum atomic E-state index is 11.9. The first-order valence-electron chi connectivity index (χ1n) is 6.32. The van der Waals surface area contributed by atoms with E-state index in [4.69, 9.17) is 0 Å². The molecule has 0 fully saturated rings. The van der Waals surface area contributed by atoms with Crippen LogP contribution in [0.5, 0.6) is 0 Å². The summed E-state index contributed by atoms with van der Waals surface area (Å²) in [6.07, 6.45) is 3.96. The van der Waals surface area contributed by atoms with E-state index in [0.717, 1.165) is 25.1 Å². The average Bonchev–Trinajstić information content (AvgIpc) is 2.40. The molecule has 1 rings (SSSR count). The molecule has 6 heteroatoms. The molecular weight excluding hydrogens is 280 g/mol. The SMILES string of the molecule is CNCCCc1ccc(S(=O)(=O)NCCSC)cc1. The molecule has 0 saturated carbocycles. The number of thioether (sulfide) groups is 1. The van der Waals surface area contributed by atoms with Crippen molar-refractivity contribution in [2.45, 2.75) is 17.7 Å². The molecule has 19 heavy (non-hydrogen) atoms. The van der Waals surface area contributed by atoms with E-state index in [1.165, 1.54) is 5.56 Å². The molecule has 108 valence electrons. The zero-order valence-corrected chi connectivity index (χ0v) is 13.1. The minimum atomic E-state index is -3.35. The summed E-state index contributed by atoms with van der Waals surface area (Å²) in [6, 6.07) is 7.13. The Labute approximate surface area is 120 Å². The summed E-state index contributed by atoms with van der Waals surface area (Å²) in [6.45, 7) is 1.43. The first-order chi connectivity index (χ1) is 9.10. The highest BCUT2D eigenvalue weighted by molar-refractivity contribution is 7.98. The molecule has 0 aliphatic carbocycles. The molecule has 0 bridgehead atoms. The van der Waals surface area contributed by atoms with Crippen molar-refractivity contribution >= 4 is 21.8 Å². The summed E-state index contributed by atoms with van der Waals surface area (Å²) < 4.78 is 26.5. The predicted octanol–water partition coefficient (Wildman–Crippen LogP) is 1.48. The van der Waals surface area contributed by atoms with Crippen molar-refractivity contribution in [3.8, 4) is 0 Å². The largest absolute Gasteiger partial charge is 0.320 e. The lowest BCUT2D eigenvalue weighted by Crippen LogP contribution is -2.25. The molecule has 0 radical (unpaired) electrons. The number of rotatable bonds is 9. The van der Waals surface area contributed by atoms with E-state index < -0.39 is 10.0 Å². The fourth-order valence-corrected chi connectivity index (χ4v) is 3.13. The van der Waals surface area contributed by atoms with E-state index in [0.29, 0.717) is 11.4 Å². The van der Waals surface area contributed by atoms with Gasteiger partial charge >= 0.3 is 0 Å². The molecule has 0 aromatic heterocycles. The fraction of sp³-hybridized carbons (Fsp3) is 0.538. The maximum absolute atomic E-state index is 11.9. The van der Waals surface area contributed by atoms with Gasteiger partial charge in [-0.15, -0.1) is 0 Å². The summed E-state index contributed by atoms with van der Waals surface area (Å²) in [5.74, 6) is 0.779. The normalized spacial score (nSPS) is 11.7. The standard InChI is InChI=1S/C13H22N2O2S2/c1-14-9-3-4-12-5-7-13(8-6-12)19(16,17)15-10-11-18-2/h5-8,14-15H,3-4,9-11H2,1-2H3. The molecule has 0 heterocycles. The Balaban J connectivity index is 2.59. The first kappa shape index (κ1) is 16.5. The van der Waals surface area contributed by atoms with Gasteiger partial charge in [0, 0.05) is 12.3 Å². The monoisotopic (exact) mass is 302 g/mol. The van der Waals surface area contributed by atoms with Gasteiger partial charge in [0.05, 0.1) is 4.90 Å². The summed E-state index contributed by atoms with van der Waals surface area (Å²) in [7, 11) is -1.42. The number of benzene rings is 1. The molecule has 1 aromatic rings. The number of nitrogens with one attached hydrogen (secondary N) is 2. The van der Waals surface area contributed by atoms with Crippen LogP contribution in [0.15, 0.2) is 29.2 Å². The fourth-order valence-electron chi connectivity index (χ4n) is 1.67. The Morgan fingerprint density at radius 1 is 1.16 bits per heavy atom. The second-order valence-corrected chi connectivity index (χ2v) is 6.99. The quantitative estimate of drug-likeness (QED) is 0.679. The van der Waals surface area contributed by atoms with E-state index in [-0.39, 0.29) is 0 Å². The van der Waals surface area contributed by atoms with E-state index in [2.05, 4.69) is 10.0 Å². The Bertz CT molecular complexity index is 458. The van der Waals surface area contributed by atoms with Gasteiger partial charge in [-0.2, -0.15) is 11.8 Å². The van der Waals surface area contributed by atoms with Crippen molar-refractivity contribution < 1.29 is 8.42 Å². The van der Waals surface area contributed by atoms with E-state index in [1.807, 2.05) is 25.4 Å². The van der Waals surface area contributed by atoms with Gasteiger partial charge in [-0.05, 0) is 50.4 Å². The summed E-state index contributed by atoms with van der Waals surface area (Å²) >= 11 is 1.62. The lowest BCUT2D eigenvalue weighted by molar-refractivity contribution is 0.584. The van der Waals surface area contributed by atoms with Crippen LogP contribution >= 0.6 is 11.8 Å². The molecule has 0 amide bonds. The van der Waals surface area contributed by atoms with Crippen molar-refractivity contribution in [1.29, 1.82) is 0 Å². The molecule has 4 nitrogen and oxygen atoms in total. The molecule has 2 N–H and O–H groups in total. The van der Waals surface area contributed by atoms with Crippen molar-refractivity contribution in [3.05, 3.63) is 29.8 Å². The topological polar surface area (TPSA) is 58.2 Å². The van der Waals surface area contributed by atoms with Gasteiger partial charge in [-0.3, -0.25) is 0 Å². The van der Waals surface area contributed by atoms with Crippen molar-refractivity contribution in [1.82, 2.24) is 10.0 Å². The van der Waals surface area contributed by atoms with Gasteiger partial charge in [0.15, 0.2) is 0 Å². The van der Waals surface area contributed by atoms with Crippen LogP contribution in [0, 0.1) is 0 Å². The van der Waals surface area contributed by atoms with Gasteiger partial charge in [0.1, 0.15) is 0 Å². The van der Waals surface area contributed by atoms with Crippen LogP contribution in [0.3, 0.4) is 0 Å². The van der Waals surface area contributed by atoms with E-state index in [9.17, 15) is 8.42 Å². The predicted molar refractivity (Wildman–Crippen MR) is 82.3 cm³/mol. The smallest absolute Gasteiger partial charge is 0.240 e. The Morgan fingerprint density at radius 3 is 2.42 bits per heavy atom. The summed E-state index contributed by atoms with van der Waals surface area (Å²) in [5, 5.41) is 3.09. The highest BCUT2D eigenvalue weighted by atomic mass is 32.2. The molecule has 0 spiro atoms. The van der Waals surface area contributed by atoms with E-state index in [1.54, 1.807) is 23.9 Å². The molecule has 1 aromatic carbocycles. The highest BCUT2D eigenvalue weighted by Crippen LogP contribution is 2.11. The number of hydrogen-bond donors (Lipinski definition) is 2. The van der Waals surface area contributed by atoms with Crippen molar-refractivity contribution in [3.63, 3.8) is 0 Å². The second kappa shape index (κ2) is 8.58. The third kappa shape index (κ3) is 5.95. The summed E-state index contributed by atoms with van der Waals surface area (Å²) in [5.41, 5.74) is 1.17. The van der Waals surface area contributed by atoms with Crippen LogP contribution < -0.4 is 10.0 Å². The first-order valence-corrected chi connectivity index (χ1v) is 9.20. The minimum Gasteiger partial charge on any atom is -0.320 e. The van der Waals surface area contributed by atoms with Gasteiger partial charge in [0.2, 0.25) is 10.0 Å². The number of hydrogen-bond acceptors (Lipinski definition) is 4. The third-order valence-electron chi connectivity index (χ3n) is 2.72. The Hall–Kier alpha value is -0.560.